The number of hydrogen-bond donors (Lipinski definition) is 0. The van der Waals surface area contributed by atoms with Crippen LogP contribution in [0.5, 0.6) is 5.75 Å². The number of hydrogen-bond acceptors (Lipinski definition) is 5. The highest BCUT2D eigenvalue weighted by Gasteiger charge is 2.48. The molecule has 0 aromatic heterocycles. The normalized spacial score (nSPS) is 20.0. The summed E-state index contributed by atoms with van der Waals surface area (Å²) in [4.78, 5) is 30.3. The second kappa shape index (κ2) is 11.4. The molecular formula is C38H43NO4. The predicted octanol–water partition coefficient (Wildman–Crippen LogP) is 8.14. The molecule has 0 saturated carbocycles. The van der Waals surface area contributed by atoms with Crippen LogP contribution in [0.15, 0.2) is 89.3 Å². The highest BCUT2D eigenvalue weighted by atomic mass is 16.5. The molecule has 1 aliphatic heterocycles. The standard InChI is InChI=1S/C38H43NO4/c1-37(2)20-30-35(32(40)22-37)34(36-31(39(30)18-9-19-42-5)21-38(3,4)23-33(36)41)26-14-16-28(17-15-26)43-24-27-12-8-11-25-10-6-7-13-29(25)27/h6-8,10-17,34H,9,18-24H2,1-5H3. The quantitative estimate of drug-likeness (QED) is 0.253. The molecule has 1 heterocycles. The molecule has 0 unspecified atom stereocenters. The summed E-state index contributed by atoms with van der Waals surface area (Å²) in [6.45, 7) is 10.6. The number of carbonyl (C=O) groups is 2. The van der Waals surface area contributed by atoms with Crippen molar-refractivity contribution in [2.75, 3.05) is 20.3 Å². The zero-order valence-electron chi connectivity index (χ0n) is 26.2. The Bertz CT molecular complexity index is 1570. The average molecular weight is 578 g/mol. The van der Waals surface area contributed by atoms with Crippen molar-refractivity contribution in [3.05, 3.63) is 100 Å². The first-order valence-electron chi connectivity index (χ1n) is 15.6. The van der Waals surface area contributed by atoms with Crippen LogP contribution in [0.25, 0.3) is 10.8 Å². The molecule has 5 heteroatoms. The van der Waals surface area contributed by atoms with Gasteiger partial charge in [0.1, 0.15) is 12.4 Å². The number of ether oxygens (including phenoxy) is 2. The summed E-state index contributed by atoms with van der Waals surface area (Å²) in [5.74, 6) is 0.745. The Kier molecular flexibility index (Phi) is 7.80. The largest absolute Gasteiger partial charge is 0.489 e. The lowest BCUT2D eigenvalue weighted by Crippen LogP contribution is -2.44. The molecule has 5 nitrogen and oxygen atoms in total. The molecule has 3 aliphatic rings. The number of carbonyl (C=O) groups excluding carboxylic acids is 2. The van der Waals surface area contributed by atoms with E-state index in [1.54, 1.807) is 7.11 Å². The van der Waals surface area contributed by atoms with Crippen LogP contribution < -0.4 is 4.74 Å². The fourth-order valence-corrected chi connectivity index (χ4v) is 7.35. The van der Waals surface area contributed by atoms with Crippen LogP contribution in [-0.2, 0) is 20.9 Å². The lowest BCUT2D eigenvalue weighted by molar-refractivity contribution is -0.119. The van der Waals surface area contributed by atoms with E-state index in [1.807, 2.05) is 18.2 Å². The molecule has 224 valence electrons. The number of allylic oxidation sites excluding steroid dienone is 4. The zero-order chi connectivity index (χ0) is 30.4. The average Bonchev–Trinajstić information content (AvgIpc) is 2.95. The molecule has 43 heavy (non-hydrogen) atoms. The lowest BCUT2D eigenvalue weighted by atomic mass is 9.63. The van der Waals surface area contributed by atoms with Crippen molar-refractivity contribution in [1.82, 2.24) is 4.90 Å². The predicted molar refractivity (Wildman–Crippen MR) is 171 cm³/mol. The van der Waals surface area contributed by atoms with Gasteiger partial charge in [0.15, 0.2) is 11.6 Å². The molecule has 3 aromatic carbocycles. The van der Waals surface area contributed by atoms with E-state index in [-0.39, 0.29) is 28.3 Å². The minimum absolute atomic E-state index is 0.133. The van der Waals surface area contributed by atoms with Gasteiger partial charge in [-0.1, -0.05) is 82.3 Å². The van der Waals surface area contributed by atoms with Crippen LogP contribution >= 0.6 is 0 Å². The highest BCUT2D eigenvalue weighted by Crippen LogP contribution is 2.54. The Morgan fingerprint density at radius 3 is 2.00 bits per heavy atom. The summed E-state index contributed by atoms with van der Waals surface area (Å²) in [6, 6.07) is 22.7. The number of nitrogens with zero attached hydrogens (tertiary/aromatic N) is 1. The third-order valence-electron chi connectivity index (χ3n) is 9.24. The van der Waals surface area contributed by atoms with Crippen molar-refractivity contribution in [2.45, 2.75) is 72.3 Å². The van der Waals surface area contributed by atoms with Crippen LogP contribution in [0.3, 0.4) is 0 Å². The van der Waals surface area contributed by atoms with E-state index in [1.165, 1.54) is 10.8 Å². The van der Waals surface area contributed by atoms with Crippen molar-refractivity contribution >= 4 is 22.3 Å². The summed E-state index contributed by atoms with van der Waals surface area (Å²) < 4.78 is 11.6. The Morgan fingerprint density at radius 1 is 0.767 bits per heavy atom. The molecular weight excluding hydrogens is 534 g/mol. The van der Waals surface area contributed by atoms with Crippen LogP contribution in [0.4, 0.5) is 0 Å². The fraction of sp³-hybridized carbons (Fsp3) is 0.421. The summed E-state index contributed by atoms with van der Waals surface area (Å²) in [5.41, 5.74) is 5.68. The van der Waals surface area contributed by atoms with Gasteiger partial charge in [-0.05, 0) is 64.1 Å². The van der Waals surface area contributed by atoms with E-state index < -0.39 is 0 Å². The molecule has 0 saturated heterocycles. The van der Waals surface area contributed by atoms with E-state index in [0.717, 1.165) is 65.2 Å². The summed E-state index contributed by atoms with van der Waals surface area (Å²) in [5, 5.41) is 2.39. The first-order chi connectivity index (χ1) is 20.6. The van der Waals surface area contributed by atoms with Crippen molar-refractivity contribution < 1.29 is 19.1 Å². The zero-order valence-corrected chi connectivity index (χ0v) is 26.2. The summed E-state index contributed by atoms with van der Waals surface area (Å²) >= 11 is 0. The molecule has 0 fully saturated rings. The minimum Gasteiger partial charge on any atom is -0.489 e. The Balaban J connectivity index is 1.37. The van der Waals surface area contributed by atoms with Gasteiger partial charge in [0.2, 0.25) is 0 Å². The SMILES string of the molecule is COCCCN1C2=C(C(=O)CC(C)(C)C2)C(c2ccc(OCc3cccc4ccccc34)cc2)C2=C1CC(C)(C)CC2=O. The van der Waals surface area contributed by atoms with Gasteiger partial charge in [0, 0.05) is 61.6 Å². The first-order valence-corrected chi connectivity index (χ1v) is 15.6. The molecule has 0 amide bonds. The van der Waals surface area contributed by atoms with E-state index in [4.69, 9.17) is 9.47 Å². The topological polar surface area (TPSA) is 55.8 Å². The van der Waals surface area contributed by atoms with E-state index >= 15 is 0 Å². The third kappa shape index (κ3) is 5.80. The smallest absolute Gasteiger partial charge is 0.162 e. The van der Waals surface area contributed by atoms with Crippen molar-refractivity contribution in [2.24, 2.45) is 10.8 Å². The summed E-state index contributed by atoms with van der Waals surface area (Å²) in [7, 11) is 1.72. The summed E-state index contributed by atoms with van der Waals surface area (Å²) in [6.07, 6.45) is 3.44. The number of benzene rings is 3. The molecule has 6 rings (SSSR count). The van der Waals surface area contributed by atoms with Crippen molar-refractivity contribution in [3.8, 4) is 5.75 Å². The van der Waals surface area contributed by atoms with Crippen LogP contribution in [0, 0.1) is 10.8 Å². The van der Waals surface area contributed by atoms with Gasteiger partial charge >= 0.3 is 0 Å². The van der Waals surface area contributed by atoms with Crippen molar-refractivity contribution in [1.29, 1.82) is 0 Å². The maximum Gasteiger partial charge on any atom is 0.162 e. The van der Waals surface area contributed by atoms with Gasteiger partial charge in [-0.3, -0.25) is 9.59 Å². The minimum atomic E-state index is -0.344. The molecule has 0 spiro atoms. The van der Waals surface area contributed by atoms with Gasteiger partial charge in [0.05, 0.1) is 0 Å². The molecule has 0 N–H and O–H groups in total. The Labute approximate surface area is 255 Å². The maximum atomic E-state index is 14.0. The van der Waals surface area contributed by atoms with Gasteiger partial charge in [-0.15, -0.1) is 0 Å². The Hall–Kier alpha value is -3.70. The van der Waals surface area contributed by atoms with Crippen LogP contribution in [-0.4, -0.2) is 36.7 Å². The molecule has 0 radical (unpaired) electrons. The molecule has 2 aliphatic carbocycles. The number of Topliss-reactive ketones (excluding diaryl/α,β-unsaturated/α-hetero) is 2. The molecule has 0 bridgehead atoms. The number of fused-ring (bicyclic) bond motifs is 1. The lowest BCUT2D eigenvalue weighted by Gasteiger charge is -2.49. The first kappa shape index (κ1) is 29.4. The van der Waals surface area contributed by atoms with Gasteiger partial charge in [0.25, 0.3) is 0 Å². The number of methoxy groups -OCH3 is 1. The third-order valence-corrected chi connectivity index (χ3v) is 9.24. The highest BCUT2D eigenvalue weighted by molar-refractivity contribution is 6.06. The van der Waals surface area contributed by atoms with E-state index in [2.05, 4.69) is 81.1 Å². The number of rotatable bonds is 8. The van der Waals surface area contributed by atoms with Crippen LogP contribution in [0.2, 0.25) is 0 Å². The van der Waals surface area contributed by atoms with Crippen molar-refractivity contribution in [3.63, 3.8) is 0 Å². The monoisotopic (exact) mass is 577 g/mol. The van der Waals surface area contributed by atoms with E-state index in [9.17, 15) is 9.59 Å². The maximum absolute atomic E-state index is 14.0. The van der Waals surface area contributed by atoms with E-state index in [0.29, 0.717) is 26.1 Å². The van der Waals surface area contributed by atoms with Crippen LogP contribution in [0.1, 0.15) is 76.8 Å². The van der Waals surface area contributed by atoms with Gasteiger partial charge in [-0.25, -0.2) is 0 Å². The van der Waals surface area contributed by atoms with Gasteiger partial charge < -0.3 is 14.4 Å². The fourth-order valence-electron chi connectivity index (χ4n) is 7.35. The molecule has 3 aromatic rings. The number of ketones is 2. The second-order valence-electron chi connectivity index (χ2n) is 14.0. The second-order valence-corrected chi connectivity index (χ2v) is 14.0. The Morgan fingerprint density at radius 2 is 1.37 bits per heavy atom. The van der Waals surface area contributed by atoms with Gasteiger partial charge in [-0.2, -0.15) is 0 Å². The molecule has 0 atom stereocenters.